The molecule has 1 amide bonds. The number of nitrogens with zero attached hydrogens (tertiary/aromatic N) is 2. The molecule has 5 heteroatoms. The first kappa shape index (κ1) is 18.6. The van der Waals surface area contributed by atoms with E-state index >= 15 is 0 Å². The lowest BCUT2D eigenvalue weighted by Crippen LogP contribution is -2.41. The monoisotopic (exact) mass is 333 g/mol. The van der Waals surface area contributed by atoms with Crippen molar-refractivity contribution in [3.8, 4) is 0 Å². The predicted octanol–water partition coefficient (Wildman–Crippen LogP) is 4.76. The molecule has 1 aliphatic rings. The van der Waals surface area contributed by atoms with Crippen molar-refractivity contribution in [3.05, 3.63) is 23.9 Å². The molecule has 0 spiro atoms. The molecule has 1 saturated heterocycles. The van der Waals surface area contributed by atoms with Gasteiger partial charge < -0.3 is 15.0 Å². The number of unbranched alkanes of at least 4 members (excludes halogenated alkanes) is 1. The number of amides is 1. The van der Waals surface area contributed by atoms with E-state index in [1.54, 1.807) is 0 Å². The van der Waals surface area contributed by atoms with Crippen LogP contribution in [0.25, 0.3) is 0 Å². The predicted molar refractivity (Wildman–Crippen MR) is 97.2 cm³/mol. The number of carbonyl (C=O) groups excluding carboxylic acids is 1. The highest BCUT2D eigenvalue weighted by Gasteiger charge is 2.31. The molecule has 0 bridgehead atoms. The van der Waals surface area contributed by atoms with Crippen molar-refractivity contribution in [2.24, 2.45) is 0 Å². The Morgan fingerprint density at radius 2 is 2.17 bits per heavy atom. The Morgan fingerprint density at radius 1 is 1.38 bits per heavy atom. The zero-order chi connectivity index (χ0) is 17.6. The van der Waals surface area contributed by atoms with E-state index in [0.29, 0.717) is 0 Å². The molecule has 0 aromatic carbocycles. The van der Waals surface area contributed by atoms with Crippen LogP contribution in [0.4, 0.5) is 10.6 Å². The minimum absolute atomic E-state index is 0.0609. The maximum atomic E-state index is 12.5. The second-order valence-corrected chi connectivity index (χ2v) is 7.44. The molecule has 2 rings (SSSR count). The van der Waals surface area contributed by atoms with Gasteiger partial charge in [0.25, 0.3) is 0 Å². The molecule has 1 aromatic rings. The Balaban J connectivity index is 2.05. The molecular weight excluding hydrogens is 302 g/mol. The van der Waals surface area contributed by atoms with Gasteiger partial charge in [0.15, 0.2) is 0 Å². The van der Waals surface area contributed by atoms with E-state index in [1.165, 1.54) is 0 Å². The number of rotatable bonds is 5. The summed E-state index contributed by atoms with van der Waals surface area (Å²) in [6.07, 6.45) is 7.08. The summed E-state index contributed by atoms with van der Waals surface area (Å²) >= 11 is 0. The van der Waals surface area contributed by atoms with E-state index in [9.17, 15) is 4.79 Å². The van der Waals surface area contributed by atoms with Crippen LogP contribution in [-0.2, 0) is 4.74 Å². The van der Waals surface area contributed by atoms with Crippen LogP contribution in [-0.4, -0.2) is 34.7 Å². The standard InChI is InChI=1S/C19H31N3O2/c1-5-6-12-20-17-11-10-15(14-21-17)16-9-7-8-13-22(16)18(23)24-19(2,3)4/h10-11,14,16H,5-9,12-13H2,1-4H3,(H,20,21)/t16-/m0/s1. The van der Waals surface area contributed by atoms with E-state index in [4.69, 9.17) is 4.74 Å². The minimum Gasteiger partial charge on any atom is -0.444 e. The third-order valence-electron chi connectivity index (χ3n) is 4.14. The molecule has 134 valence electrons. The van der Waals surface area contributed by atoms with E-state index in [2.05, 4.69) is 23.3 Å². The Labute approximate surface area is 145 Å². The average Bonchev–Trinajstić information content (AvgIpc) is 2.54. The van der Waals surface area contributed by atoms with E-state index in [1.807, 2.05) is 37.9 Å². The fraction of sp³-hybridized carbons (Fsp3) is 0.684. The van der Waals surface area contributed by atoms with Gasteiger partial charge in [0.1, 0.15) is 11.4 Å². The number of anilines is 1. The van der Waals surface area contributed by atoms with E-state index < -0.39 is 5.60 Å². The van der Waals surface area contributed by atoms with Crippen molar-refractivity contribution in [1.29, 1.82) is 0 Å². The van der Waals surface area contributed by atoms with Crippen LogP contribution in [0.2, 0.25) is 0 Å². The van der Waals surface area contributed by atoms with Crippen LogP contribution in [0.5, 0.6) is 0 Å². The minimum atomic E-state index is -0.468. The van der Waals surface area contributed by atoms with Crippen LogP contribution in [0, 0.1) is 0 Å². The number of hydrogen-bond acceptors (Lipinski definition) is 4. The topological polar surface area (TPSA) is 54.5 Å². The summed E-state index contributed by atoms with van der Waals surface area (Å²) in [5.74, 6) is 0.895. The SMILES string of the molecule is CCCCNc1ccc([C@@H]2CCCCN2C(=O)OC(C)(C)C)cn1. The van der Waals surface area contributed by atoms with Gasteiger partial charge >= 0.3 is 6.09 Å². The lowest BCUT2D eigenvalue weighted by molar-refractivity contribution is 0.00948. The highest BCUT2D eigenvalue weighted by Crippen LogP contribution is 2.32. The molecule has 1 aromatic heterocycles. The highest BCUT2D eigenvalue weighted by molar-refractivity contribution is 5.69. The average molecular weight is 333 g/mol. The quantitative estimate of drug-likeness (QED) is 0.790. The van der Waals surface area contributed by atoms with Gasteiger partial charge in [0.05, 0.1) is 6.04 Å². The third-order valence-corrected chi connectivity index (χ3v) is 4.14. The van der Waals surface area contributed by atoms with Gasteiger partial charge in [-0.3, -0.25) is 0 Å². The Bertz CT molecular complexity index is 522. The first-order valence-corrected chi connectivity index (χ1v) is 9.10. The smallest absolute Gasteiger partial charge is 0.410 e. The molecule has 1 atom stereocenters. The van der Waals surface area contributed by atoms with Crippen molar-refractivity contribution < 1.29 is 9.53 Å². The number of hydrogen-bond donors (Lipinski definition) is 1. The van der Waals surface area contributed by atoms with Gasteiger partial charge in [-0.25, -0.2) is 9.78 Å². The molecule has 0 radical (unpaired) electrons. The molecule has 2 heterocycles. The summed E-state index contributed by atoms with van der Waals surface area (Å²) in [7, 11) is 0. The third kappa shape index (κ3) is 5.39. The molecule has 0 unspecified atom stereocenters. The summed E-state index contributed by atoms with van der Waals surface area (Å²) in [6, 6.07) is 4.15. The van der Waals surface area contributed by atoms with E-state index in [-0.39, 0.29) is 12.1 Å². The van der Waals surface area contributed by atoms with Gasteiger partial charge in [0.2, 0.25) is 0 Å². The van der Waals surface area contributed by atoms with Crippen LogP contribution < -0.4 is 5.32 Å². The summed E-state index contributed by atoms with van der Waals surface area (Å²) in [4.78, 5) is 18.9. The van der Waals surface area contributed by atoms with Crippen molar-refractivity contribution in [2.45, 2.75) is 71.4 Å². The zero-order valence-corrected chi connectivity index (χ0v) is 15.5. The molecule has 24 heavy (non-hydrogen) atoms. The maximum Gasteiger partial charge on any atom is 0.410 e. The second-order valence-electron chi connectivity index (χ2n) is 7.44. The number of nitrogens with one attached hydrogen (secondary N) is 1. The molecule has 1 N–H and O–H groups in total. The zero-order valence-electron chi connectivity index (χ0n) is 15.5. The summed E-state index contributed by atoms with van der Waals surface area (Å²) in [5.41, 5.74) is 0.617. The number of carbonyl (C=O) groups is 1. The molecule has 0 saturated carbocycles. The fourth-order valence-electron chi connectivity index (χ4n) is 2.92. The second kappa shape index (κ2) is 8.36. The lowest BCUT2D eigenvalue weighted by atomic mass is 9.97. The van der Waals surface area contributed by atoms with Crippen molar-refractivity contribution >= 4 is 11.9 Å². The van der Waals surface area contributed by atoms with E-state index in [0.717, 1.165) is 56.6 Å². The molecule has 5 nitrogen and oxygen atoms in total. The van der Waals surface area contributed by atoms with Crippen molar-refractivity contribution in [2.75, 3.05) is 18.4 Å². The molecule has 0 aliphatic carbocycles. The van der Waals surface area contributed by atoms with Crippen molar-refractivity contribution in [3.63, 3.8) is 0 Å². The van der Waals surface area contributed by atoms with Crippen LogP contribution in [0.15, 0.2) is 18.3 Å². The van der Waals surface area contributed by atoms with Gasteiger partial charge in [-0.2, -0.15) is 0 Å². The lowest BCUT2D eigenvalue weighted by Gasteiger charge is -2.36. The summed E-state index contributed by atoms with van der Waals surface area (Å²) < 4.78 is 5.57. The van der Waals surface area contributed by atoms with Gasteiger partial charge in [-0.1, -0.05) is 19.4 Å². The number of aromatic nitrogens is 1. The summed E-state index contributed by atoms with van der Waals surface area (Å²) in [5, 5.41) is 3.32. The normalized spacial score (nSPS) is 18.3. The van der Waals surface area contributed by atoms with Crippen LogP contribution in [0.3, 0.4) is 0 Å². The number of ether oxygens (including phenoxy) is 1. The Kier molecular flexibility index (Phi) is 6.46. The molecule has 1 aliphatic heterocycles. The van der Waals surface area contributed by atoms with Gasteiger partial charge in [-0.05, 0) is 58.1 Å². The van der Waals surface area contributed by atoms with Crippen molar-refractivity contribution in [1.82, 2.24) is 9.88 Å². The Hall–Kier alpha value is -1.78. The summed E-state index contributed by atoms with van der Waals surface area (Å²) in [6.45, 7) is 9.57. The Morgan fingerprint density at radius 3 is 2.79 bits per heavy atom. The maximum absolute atomic E-state index is 12.5. The molecular formula is C19H31N3O2. The molecule has 1 fully saturated rings. The first-order valence-electron chi connectivity index (χ1n) is 9.10. The van der Waals surface area contributed by atoms with Gasteiger partial charge in [0, 0.05) is 19.3 Å². The first-order chi connectivity index (χ1) is 11.4. The van der Waals surface area contributed by atoms with Gasteiger partial charge in [-0.15, -0.1) is 0 Å². The number of pyridine rings is 1. The highest BCUT2D eigenvalue weighted by atomic mass is 16.6. The number of likely N-dealkylation sites (tertiary alicyclic amines) is 1. The largest absolute Gasteiger partial charge is 0.444 e. The fourth-order valence-corrected chi connectivity index (χ4v) is 2.92. The van der Waals surface area contributed by atoms with Crippen LogP contribution in [0.1, 0.15) is 71.4 Å². The number of piperidine rings is 1. The van der Waals surface area contributed by atoms with Crippen LogP contribution >= 0.6 is 0 Å².